The first-order valence-corrected chi connectivity index (χ1v) is 5.39. The molecule has 0 aliphatic heterocycles. The molecule has 0 spiro atoms. The first-order chi connectivity index (χ1) is 8.67. The van der Waals surface area contributed by atoms with Crippen LogP contribution in [0.25, 0.3) is 0 Å². The Labute approximate surface area is 104 Å². The third-order valence-electron chi connectivity index (χ3n) is 2.29. The van der Waals surface area contributed by atoms with Crippen LogP contribution >= 0.6 is 0 Å². The second-order valence-corrected chi connectivity index (χ2v) is 3.78. The molecule has 4 heteroatoms. The van der Waals surface area contributed by atoms with Crippen molar-refractivity contribution in [2.45, 2.75) is 6.61 Å². The molecule has 0 heterocycles. The van der Waals surface area contributed by atoms with Gasteiger partial charge in [0.15, 0.2) is 0 Å². The van der Waals surface area contributed by atoms with Crippen LogP contribution in [0.15, 0.2) is 42.5 Å². The lowest BCUT2D eigenvalue weighted by Crippen LogP contribution is -1.92. The topological polar surface area (TPSA) is 18.5 Å². The second-order valence-electron chi connectivity index (χ2n) is 3.78. The molecule has 0 unspecified atom stereocenters. The Hall–Kier alpha value is -1.94. The zero-order valence-corrected chi connectivity index (χ0v) is 9.82. The molecule has 0 saturated heterocycles. The second kappa shape index (κ2) is 5.60. The van der Waals surface area contributed by atoms with Crippen LogP contribution in [0.4, 0.5) is 8.78 Å². The summed E-state index contributed by atoms with van der Waals surface area (Å²) in [5, 5.41) is 0. The van der Waals surface area contributed by atoms with Crippen molar-refractivity contribution in [1.29, 1.82) is 0 Å². The summed E-state index contributed by atoms with van der Waals surface area (Å²) < 4.78 is 36.4. The number of hydrogen-bond acceptors (Lipinski definition) is 2. The maximum atomic E-state index is 13.3. The number of rotatable bonds is 4. The third kappa shape index (κ3) is 3.28. The van der Waals surface area contributed by atoms with E-state index in [0.717, 1.165) is 0 Å². The molecular formula is C14H12F2O2. The van der Waals surface area contributed by atoms with E-state index in [-0.39, 0.29) is 5.82 Å². The molecule has 0 amide bonds. The minimum atomic E-state index is -0.401. The van der Waals surface area contributed by atoms with Gasteiger partial charge in [-0.2, -0.15) is 0 Å². The van der Waals surface area contributed by atoms with Gasteiger partial charge in [0.25, 0.3) is 0 Å². The molecule has 0 aromatic heterocycles. The van der Waals surface area contributed by atoms with Gasteiger partial charge < -0.3 is 9.47 Å². The zero-order valence-electron chi connectivity index (χ0n) is 9.82. The lowest BCUT2D eigenvalue weighted by Gasteiger charge is -2.08. The zero-order chi connectivity index (χ0) is 13.0. The van der Waals surface area contributed by atoms with Crippen molar-refractivity contribution in [3.63, 3.8) is 0 Å². The van der Waals surface area contributed by atoms with Gasteiger partial charge in [-0.1, -0.05) is 0 Å². The Kier molecular flexibility index (Phi) is 3.89. The summed E-state index contributed by atoms with van der Waals surface area (Å²) in [6.45, 7) is 0.303. The molecule has 0 N–H and O–H groups in total. The highest BCUT2D eigenvalue weighted by Gasteiger charge is 2.03. The molecule has 94 valence electrons. The van der Waals surface area contributed by atoms with E-state index >= 15 is 0 Å². The predicted octanol–water partition coefficient (Wildman–Crippen LogP) is 3.90. The SMILES string of the molecule is COCc1cc(F)cc(Oc2ccc(F)cc2)c1. The van der Waals surface area contributed by atoms with Gasteiger partial charge in [-0.15, -0.1) is 0 Å². The van der Waals surface area contributed by atoms with Crippen molar-refractivity contribution < 1.29 is 18.3 Å². The number of methoxy groups -OCH3 is 1. The molecular weight excluding hydrogens is 238 g/mol. The molecule has 2 nitrogen and oxygen atoms in total. The van der Waals surface area contributed by atoms with Crippen molar-refractivity contribution >= 4 is 0 Å². The smallest absolute Gasteiger partial charge is 0.130 e. The van der Waals surface area contributed by atoms with Crippen LogP contribution in [0, 0.1) is 11.6 Å². The van der Waals surface area contributed by atoms with Crippen LogP contribution in [0.2, 0.25) is 0 Å². The quantitative estimate of drug-likeness (QED) is 0.819. The molecule has 0 radical (unpaired) electrons. The highest BCUT2D eigenvalue weighted by Crippen LogP contribution is 2.24. The van der Waals surface area contributed by atoms with E-state index in [2.05, 4.69) is 0 Å². The Bertz CT molecular complexity index is 524. The molecule has 0 aliphatic carbocycles. The Morgan fingerprint density at radius 1 is 0.889 bits per heavy atom. The Morgan fingerprint density at radius 2 is 1.61 bits per heavy atom. The van der Waals surface area contributed by atoms with Crippen LogP contribution in [-0.4, -0.2) is 7.11 Å². The first kappa shape index (κ1) is 12.5. The van der Waals surface area contributed by atoms with Crippen LogP contribution in [0.5, 0.6) is 11.5 Å². The molecule has 2 aromatic rings. The van der Waals surface area contributed by atoms with Gasteiger partial charge >= 0.3 is 0 Å². The lowest BCUT2D eigenvalue weighted by molar-refractivity contribution is 0.184. The lowest BCUT2D eigenvalue weighted by atomic mass is 10.2. The highest BCUT2D eigenvalue weighted by atomic mass is 19.1. The largest absolute Gasteiger partial charge is 0.457 e. The van der Waals surface area contributed by atoms with Gasteiger partial charge in [0.05, 0.1) is 6.61 Å². The van der Waals surface area contributed by atoms with E-state index in [0.29, 0.717) is 23.7 Å². The highest BCUT2D eigenvalue weighted by molar-refractivity contribution is 5.34. The van der Waals surface area contributed by atoms with Gasteiger partial charge in [0.2, 0.25) is 0 Å². The van der Waals surface area contributed by atoms with Crippen LogP contribution in [-0.2, 0) is 11.3 Å². The summed E-state index contributed by atoms with van der Waals surface area (Å²) in [6.07, 6.45) is 0. The number of benzene rings is 2. The molecule has 0 saturated carbocycles. The molecule has 0 aliphatic rings. The number of ether oxygens (including phenoxy) is 2. The van der Waals surface area contributed by atoms with Crippen molar-refractivity contribution in [1.82, 2.24) is 0 Å². The predicted molar refractivity (Wildman–Crippen MR) is 63.6 cm³/mol. The van der Waals surface area contributed by atoms with Gasteiger partial charge in [-0.3, -0.25) is 0 Å². The fourth-order valence-electron chi connectivity index (χ4n) is 1.57. The average Bonchev–Trinajstić information content (AvgIpc) is 2.32. The fraction of sp³-hybridized carbons (Fsp3) is 0.143. The number of halogens is 2. The minimum Gasteiger partial charge on any atom is -0.457 e. The normalized spacial score (nSPS) is 10.4. The standard InChI is InChI=1S/C14H12F2O2/c1-17-9-10-6-12(16)8-14(7-10)18-13-4-2-11(15)3-5-13/h2-8H,9H2,1H3. The molecule has 2 rings (SSSR count). The molecule has 18 heavy (non-hydrogen) atoms. The Morgan fingerprint density at radius 3 is 2.28 bits per heavy atom. The number of hydrogen-bond donors (Lipinski definition) is 0. The Balaban J connectivity index is 2.20. The maximum Gasteiger partial charge on any atom is 0.130 e. The summed E-state index contributed by atoms with van der Waals surface area (Å²) >= 11 is 0. The van der Waals surface area contributed by atoms with E-state index in [9.17, 15) is 8.78 Å². The van der Waals surface area contributed by atoms with E-state index in [1.165, 1.54) is 43.5 Å². The molecule has 2 aromatic carbocycles. The minimum absolute atomic E-state index is 0.303. The summed E-state index contributed by atoms with van der Waals surface area (Å²) in [7, 11) is 1.53. The molecule has 0 fully saturated rings. The van der Waals surface area contributed by atoms with Gasteiger partial charge in [-0.05, 0) is 42.0 Å². The van der Waals surface area contributed by atoms with Crippen LogP contribution < -0.4 is 4.74 Å². The van der Waals surface area contributed by atoms with Crippen molar-refractivity contribution in [3.8, 4) is 11.5 Å². The third-order valence-corrected chi connectivity index (χ3v) is 2.29. The van der Waals surface area contributed by atoms with Crippen molar-refractivity contribution in [2.75, 3.05) is 7.11 Å². The van der Waals surface area contributed by atoms with Crippen LogP contribution in [0.1, 0.15) is 5.56 Å². The molecule has 0 bridgehead atoms. The maximum absolute atomic E-state index is 13.3. The van der Waals surface area contributed by atoms with Crippen LogP contribution in [0.3, 0.4) is 0 Å². The van der Waals surface area contributed by atoms with E-state index in [1.807, 2.05) is 0 Å². The monoisotopic (exact) mass is 250 g/mol. The summed E-state index contributed by atoms with van der Waals surface area (Å²) in [5.74, 6) is 0.0577. The van der Waals surface area contributed by atoms with Gasteiger partial charge in [0.1, 0.15) is 23.1 Å². The summed E-state index contributed by atoms with van der Waals surface area (Å²) in [5.41, 5.74) is 0.676. The fourth-order valence-corrected chi connectivity index (χ4v) is 1.57. The van der Waals surface area contributed by atoms with E-state index < -0.39 is 5.82 Å². The summed E-state index contributed by atoms with van der Waals surface area (Å²) in [4.78, 5) is 0. The average molecular weight is 250 g/mol. The summed E-state index contributed by atoms with van der Waals surface area (Å²) in [6, 6.07) is 9.85. The van der Waals surface area contributed by atoms with Crippen molar-refractivity contribution in [3.05, 3.63) is 59.7 Å². The first-order valence-electron chi connectivity index (χ1n) is 5.39. The van der Waals surface area contributed by atoms with E-state index in [4.69, 9.17) is 9.47 Å². The van der Waals surface area contributed by atoms with Crippen molar-refractivity contribution in [2.24, 2.45) is 0 Å². The van der Waals surface area contributed by atoms with Gasteiger partial charge in [-0.25, -0.2) is 8.78 Å². The van der Waals surface area contributed by atoms with Gasteiger partial charge in [0, 0.05) is 13.2 Å². The van der Waals surface area contributed by atoms with E-state index in [1.54, 1.807) is 6.07 Å². The molecule has 0 atom stereocenters.